The van der Waals surface area contributed by atoms with Crippen LogP contribution in [0.4, 0.5) is 10.8 Å². The van der Waals surface area contributed by atoms with Gasteiger partial charge in [-0.05, 0) is 56.0 Å². The molecule has 3 heterocycles. The predicted octanol–water partition coefficient (Wildman–Crippen LogP) is 3.63. The SMILES string of the molecule is CC1Cc2cc3c(cc2C(c2ccc([N+](=O)[O-])cc2)=NN1c1nnc(CNC2CC2)s1)OCO3. The van der Waals surface area contributed by atoms with Crippen LogP contribution in [-0.2, 0) is 13.0 Å². The molecular formula is C23H22N6O4S. The fourth-order valence-electron chi connectivity index (χ4n) is 4.15. The molecule has 1 fully saturated rings. The monoisotopic (exact) mass is 478 g/mol. The van der Waals surface area contributed by atoms with Crippen molar-refractivity contribution in [3.05, 3.63) is 68.2 Å². The lowest BCUT2D eigenvalue weighted by molar-refractivity contribution is -0.384. The third-order valence-electron chi connectivity index (χ3n) is 6.12. The summed E-state index contributed by atoms with van der Waals surface area (Å²) in [6.07, 6.45) is 3.14. The molecule has 11 heteroatoms. The minimum absolute atomic E-state index is 0.00635. The van der Waals surface area contributed by atoms with E-state index in [1.807, 2.05) is 17.1 Å². The van der Waals surface area contributed by atoms with E-state index in [-0.39, 0.29) is 18.5 Å². The van der Waals surface area contributed by atoms with E-state index in [4.69, 9.17) is 14.6 Å². The summed E-state index contributed by atoms with van der Waals surface area (Å²) in [6.45, 7) is 2.98. The number of fused-ring (bicyclic) bond motifs is 2. The number of hydrogen-bond donors (Lipinski definition) is 1. The molecule has 3 aromatic rings. The summed E-state index contributed by atoms with van der Waals surface area (Å²) < 4.78 is 11.2. The van der Waals surface area contributed by atoms with Crippen LogP contribution in [0.1, 0.15) is 41.5 Å². The summed E-state index contributed by atoms with van der Waals surface area (Å²) >= 11 is 1.52. The number of hydrazone groups is 1. The van der Waals surface area contributed by atoms with E-state index in [9.17, 15) is 10.1 Å². The van der Waals surface area contributed by atoms with Gasteiger partial charge in [0.2, 0.25) is 11.9 Å². The topological polar surface area (TPSA) is 115 Å². The van der Waals surface area contributed by atoms with E-state index >= 15 is 0 Å². The standard InChI is InChI=1S/C23H22N6O4S/c1-13-8-15-9-19-20(33-12-32-19)10-18(15)22(14-2-6-17(7-3-14)29(30)31)27-28(13)23-26-25-21(34-23)11-24-16-4-5-16/h2-3,6-7,9-10,13,16,24H,4-5,8,11-12H2,1H3. The van der Waals surface area contributed by atoms with Crippen molar-refractivity contribution in [2.24, 2.45) is 5.10 Å². The largest absolute Gasteiger partial charge is 0.454 e. The lowest BCUT2D eigenvalue weighted by Crippen LogP contribution is -2.29. The highest BCUT2D eigenvalue weighted by Gasteiger charge is 2.29. The molecule has 0 bridgehead atoms. The summed E-state index contributed by atoms with van der Waals surface area (Å²) in [5.41, 5.74) is 3.47. The fourth-order valence-corrected chi connectivity index (χ4v) is 5.00. The zero-order chi connectivity index (χ0) is 23.2. The first-order valence-electron chi connectivity index (χ1n) is 11.2. The predicted molar refractivity (Wildman–Crippen MR) is 127 cm³/mol. The third-order valence-corrected chi connectivity index (χ3v) is 7.03. The lowest BCUT2D eigenvalue weighted by Gasteiger charge is -2.21. The molecule has 1 saturated carbocycles. The molecule has 0 amide bonds. The minimum atomic E-state index is -0.405. The van der Waals surface area contributed by atoms with Crippen molar-refractivity contribution in [1.82, 2.24) is 15.5 Å². The first kappa shape index (κ1) is 21.0. The maximum atomic E-state index is 11.2. The molecule has 2 aliphatic heterocycles. The van der Waals surface area contributed by atoms with E-state index in [1.54, 1.807) is 12.1 Å². The van der Waals surface area contributed by atoms with Crippen LogP contribution >= 0.6 is 11.3 Å². The van der Waals surface area contributed by atoms with E-state index in [2.05, 4.69) is 22.4 Å². The molecule has 2 aromatic carbocycles. The van der Waals surface area contributed by atoms with Gasteiger partial charge in [-0.25, -0.2) is 5.01 Å². The minimum Gasteiger partial charge on any atom is -0.454 e. The average molecular weight is 479 g/mol. The van der Waals surface area contributed by atoms with Gasteiger partial charge < -0.3 is 14.8 Å². The molecule has 1 N–H and O–H groups in total. The molecule has 0 saturated heterocycles. The number of nitro groups is 1. The molecule has 6 rings (SSSR count). The molecule has 1 aliphatic carbocycles. The Balaban J connectivity index is 1.42. The zero-order valence-electron chi connectivity index (χ0n) is 18.4. The molecule has 3 aliphatic rings. The number of aromatic nitrogens is 2. The van der Waals surface area contributed by atoms with E-state index in [0.717, 1.165) is 21.7 Å². The van der Waals surface area contributed by atoms with E-state index in [1.165, 1.54) is 36.3 Å². The quantitative estimate of drug-likeness (QED) is 0.422. The summed E-state index contributed by atoms with van der Waals surface area (Å²) in [5, 5.41) is 32.0. The number of anilines is 1. The van der Waals surface area contributed by atoms with Crippen molar-refractivity contribution < 1.29 is 14.4 Å². The van der Waals surface area contributed by atoms with Crippen molar-refractivity contribution in [2.75, 3.05) is 11.8 Å². The van der Waals surface area contributed by atoms with Crippen LogP contribution in [-0.4, -0.2) is 39.7 Å². The molecule has 34 heavy (non-hydrogen) atoms. The Kier molecular flexibility index (Phi) is 5.15. The van der Waals surface area contributed by atoms with Gasteiger partial charge >= 0.3 is 0 Å². The number of nitro benzene ring substituents is 1. The van der Waals surface area contributed by atoms with Crippen LogP contribution in [0.2, 0.25) is 0 Å². The number of hydrogen-bond acceptors (Lipinski definition) is 10. The summed E-state index contributed by atoms with van der Waals surface area (Å²) in [5.74, 6) is 1.38. The number of non-ortho nitro benzene ring substituents is 1. The van der Waals surface area contributed by atoms with E-state index < -0.39 is 4.92 Å². The summed E-state index contributed by atoms with van der Waals surface area (Å²) in [6, 6.07) is 11.0. The smallest absolute Gasteiger partial charge is 0.269 e. The highest BCUT2D eigenvalue weighted by molar-refractivity contribution is 7.15. The van der Waals surface area contributed by atoms with Gasteiger partial charge in [-0.2, -0.15) is 5.10 Å². The van der Waals surface area contributed by atoms with Crippen LogP contribution in [0, 0.1) is 10.1 Å². The number of nitrogens with one attached hydrogen (secondary N) is 1. The second kappa shape index (κ2) is 8.33. The summed E-state index contributed by atoms with van der Waals surface area (Å²) in [7, 11) is 0. The lowest BCUT2D eigenvalue weighted by atomic mass is 9.94. The molecule has 1 unspecified atom stereocenters. The maximum Gasteiger partial charge on any atom is 0.269 e. The Labute approximate surface area is 199 Å². The number of nitrogens with zero attached hydrogens (tertiary/aromatic N) is 5. The Bertz CT molecular complexity index is 1290. The number of rotatable bonds is 6. The van der Waals surface area contributed by atoms with Crippen molar-refractivity contribution in [3.8, 4) is 11.5 Å². The maximum absolute atomic E-state index is 11.2. The van der Waals surface area contributed by atoms with Gasteiger partial charge in [-0.15, -0.1) is 10.2 Å². The van der Waals surface area contributed by atoms with Crippen molar-refractivity contribution in [3.63, 3.8) is 0 Å². The van der Waals surface area contributed by atoms with Crippen LogP contribution in [0.5, 0.6) is 11.5 Å². The third kappa shape index (κ3) is 3.97. The van der Waals surface area contributed by atoms with Crippen LogP contribution in [0.15, 0.2) is 41.5 Å². The van der Waals surface area contributed by atoms with Gasteiger partial charge in [0, 0.05) is 29.3 Å². The first-order chi connectivity index (χ1) is 16.5. The second-order valence-electron chi connectivity index (χ2n) is 8.65. The molecule has 0 spiro atoms. The van der Waals surface area contributed by atoms with Crippen molar-refractivity contribution >= 4 is 27.9 Å². The van der Waals surface area contributed by atoms with Gasteiger partial charge in [0.15, 0.2) is 11.5 Å². The van der Waals surface area contributed by atoms with E-state index in [0.29, 0.717) is 41.3 Å². The van der Waals surface area contributed by atoms with Crippen molar-refractivity contribution in [2.45, 2.75) is 44.8 Å². The van der Waals surface area contributed by atoms with Gasteiger partial charge in [-0.1, -0.05) is 11.3 Å². The normalized spacial score (nSPS) is 18.9. The van der Waals surface area contributed by atoms with Crippen LogP contribution in [0.3, 0.4) is 0 Å². The van der Waals surface area contributed by atoms with Crippen LogP contribution < -0.4 is 19.8 Å². The van der Waals surface area contributed by atoms with Gasteiger partial charge in [-0.3, -0.25) is 10.1 Å². The van der Waals surface area contributed by atoms with Crippen molar-refractivity contribution in [1.29, 1.82) is 0 Å². The Morgan fingerprint density at radius 3 is 2.68 bits per heavy atom. The van der Waals surface area contributed by atoms with Gasteiger partial charge in [0.1, 0.15) is 5.01 Å². The Hall–Kier alpha value is -3.57. The number of benzene rings is 2. The van der Waals surface area contributed by atoms with Gasteiger partial charge in [0.25, 0.3) is 5.69 Å². The molecule has 1 aromatic heterocycles. The number of ether oxygens (including phenoxy) is 2. The zero-order valence-corrected chi connectivity index (χ0v) is 19.2. The van der Waals surface area contributed by atoms with Crippen LogP contribution in [0.25, 0.3) is 0 Å². The van der Waals surface area contributed by atoms with Gasteiger partial charge in [0.05, 0.1) is 23.2 Å². The summed E-state index contributed by atoms with van der Waals surface area (Å²) in [4.78, 5) is 10.8. The highest BCUT2D eigenvalue weighted by Crippen LogP contribution is 2.38. The molecule has 174 valence electrons. The Morgan fingerprint density at radius 2 is 1.94 bits per heavy atom. The second-order valence-corrected chi connectivity index (χ2v) is 9.69. The molecule has 10 nitrogen and oxygen atoms in total. The Morgan fingerprint density at radius 1 is 1.18 bits per heavy atom. The average Bonchev–Trinajstić information content (AvgIpc) is 3.40. The highest BCUT2D eigenvalue weighted by atomic mass is 32.1. The first-order valence-corrected chi connectivity index (χ1v) is 12.0. The molecular weight excluding hydrogens is 456 g/mol. The molecule has 1 atom stereocenters. The fraction of sp³-hybridized carbons (Fsp3) is 0.348. The molecule has 0 radical (unpaired) electrons.